The number of hydrogen-bond acceptors (Lipinski definition) is 2. The molecule has 0 aromatic heterocycles. The number of hydrogen-bond donors (Lipinski definition) is 0. The monoisotopic (exact) mass is 396 g/mol. The van der Waals surface area contributed by atoms with E-state index < -0.39 is 0 Å². The first-order chi connectivity index (χ1) is 13.7. The maximum atomic E-state index is 13.1. The van der Waals surface area contributed by atoms with Gasteiger partial charge < -0.3 is 0 Å². The Morgan fingerprint density at radius 3 is 2.55 bits per heavy atom. The maximum absolute atomic E-state index is 13.1. The standard InChI is InChI=1S/C27H40O2/c1-17(2)7-6-8-18(3)21-9-10-22-20-16-25(29)24-15-19(28)11-13-27(24,5)23(20)12-14-26(21,22)4/h6,8,15,17-18,20-23H,7,9-14,16H2,1-5H3. The first-order valence-electron chi connectivity index (χ1n) is 12.1. The molecule has 2 heteroatoms. The van der Waals surface area contributed by atoms with Gasteiger partial charge in [-0.05, 0) is 90.9 Å². The topological polar surface area (TPSA) is 34.1 Å². The molecule has 29 heavy (non-hydrogen) atoms. The minimum absolute atomic E-state index is 0.0594. The summed E-state index contributed by atoms with van der Waals surface area (Å²) in [6.07, 6.45) is 15.1. The Kier molecular flexibility index (Phi) is 5.45. The van der Waals surface area contributed by atoms with Gasteiger partial charge in [0, 0.05) is 18.4 Å². The van der Waals surface area contributed by atoms with E-state index in [2.05, 4.69) is 46.8 Å². The second kappa shape index (κ2) is 7.50. The molecule has 3 saturated carbocycles. The molecule has 0 heterocycles. The molecule has 4 aliphatic rings. The number of fused-ring (bicyclic) bond motifs is 5. The highest BCUT2D eigenvalue weighted by atomic mass is 16.1. The van der Waals surface area contributed by atoms with Crippen LogP contribution < -0.4 is 0 Å². The Morgan fingerprint density at radius 2 is 1.83 bits per heavy atom. The minimum atomic E-state index is -0.0594. The predicted molar refractivity (Wildman–Crippen MR) is 118 cm³/mol. The zero-order chi connectivity index (χ0) is 21.0. The van der Waals surface area contributed by atoms with Crippen molar-refractivity contribution in [3.63, 3.8) is 0 Å². The van der Waals surface area contributed by atoms with Gasteiger partial charge >= 0.3 is 0 Å². The average Bonchev–Trinajstić information content (AvgIpc) is 3.00. The van der Waals surface area contributed by atoms with E-state index in [0.29, 0.717) is 41.9 Å². The van der Waals surface area contributed by atoms with Gasteiger partial charge in [-0.3, -0.25) is 9.59 Å². The Bertz CT molecular complexity index is 744. The van der Waals surface area contributed by atoms with Crippen molar-refractivity contribution in [3.8, 4) is 0 Å². The maximum Gasteiger partial charge on any atom is 0.159 e. The third-order valence-corrected chi connectivity index (χ3v) is 9.54. The summed E-state index contributed by atoms with van der Waals surface area (Å²) < 4.78 is 0. The van der Waals surface area contributed by atoms with E-state index in [1.165, 1.54) is 32.1 Å². The minimum Gasteiger partial charge on any atom is -0.295 e. The highest BCUT2D eigenvalue weighted by Crippen LogP contribution is 2.67. The molecule has 0 radical (unpaired) electrons. The van der Waals surface area contributed by atoms with Crippen LogP contribution in [0.4, 0.5) is 0 Å². The summed E-state index contributed by atoms with van der Waals surface area (Å²) in [7, 11) is 0. The Labute approximate surface area is 177 Å². The molecule has 160 valence electrons. The van der Waals surface area contributed by atoms with Gasteiger partial charge in [0.05, 0.1) is 0 Å². The van der Waals surface area contributed by atoms with Gasteiger partial charge in [0.2, 0.25) is 0 Å². The van der Waals surface area contributed by atoms with Crippen LogP contribution in [0.2, 0.25) is 0 Å². The third-order valence-electron chi connectivity index (χ3n) is 9.54. The summed E-state index contributed by atoms with van der Waals surface area (Å²) >= 11 is 0. The van der Waals surface area contributed by atoms with Crippen LogP contribution in [0.1, 0.15) is 86.0 Å². The molecule has 0 N–H and O–H groups in total. The van der Waals surface area contributed by atoms with E-state index in [9.17, 15) is 9.59 Å². The number of rotatable bonds is 4. The van der Waals surface area contributed by atoms with Crippen molar-refractivity contribution in [3.05, 3.63) is 23.8 Å². The Hall–Kier alpha value is -1.18. The van der Waals surface area contributed by atoms with Crippen LogP contribution in [-0.4, -0.2) is 11.6 Å². The molecule has 0 aromatic carbocycles. The van der Waals surface area contributed by atoms with Crippen molar-refractivity contribution in [1.29, 1.82) is 0 Å². The van der Waals surface area contributed by atoms with Crippen LogP contribution in [0.25, 0.3) is 0 Å². The fraction of sp³-hybridized carbons (Fsp3) is 0.778. The molecule has 0 amide bonds. The highest BCUT2D eigenvalue weighted by Gasteiger charge is 2.60. The zero-order valence-electron chi connectivity index (χ0n) is 19.2. The van der Waals surface area contributed by atoms with Gasteiger partial charge in [0.1, 0.15) is 0 Å². The quantitative estimate of drug-likeness (QED) is 0.505. The summed E-state index contributed by atoms with van der Waals surface area (Å²) in [5, 5.41) is 0. The Morgan fingerprint density at radius 1 is 1.07 bits per heavy atom. The Balaban J connectivity index is 1.57. The van der Waals surface area contributed by atoms with Crippen molar-refractivity contribution in [2.75, 3.05) is 0 Å². The number of carbonyl (C=O) groups is 2. The van der Waals surface area contributed by atoms with Gasteiger partial charge in [-0.1, -0.05) is 46.8 Å². The van der Waals surface area contributed by atoms with Crippen LogP contribution >= 0.6 is 0 Å². The molecule has 0 aliphatic heterocycles. The second-order valence-electron chi connectivity index (χ2n) is 11.6. The van der Waals surface area contributed by atoms with Gasteiger partial charge in [-0.2, -0.15) is 0 Å². The van der Waals surface area contributed by atoms with Crippen molar-refractivity contribution >= 4 is 11.6 Å². The summed E-state index contributed by atoms with van der Waals surface area (Å²) in [4.78, 5) is 25.1. The van der Waals surface area contributed by atoms with Gasteiger partial charge in [0.25, 0.3) is 0 Å². The summed E-state index contributed by atoms with van der Waals surface area (Å²) in [6.45, 7) is 11.8. The molecule has 7 unspecified atom stereocenters. The second-order valence-corrected chi connectivity index (χ2v) is 11.6. The van der Waals surface area contributed by atoms with E-state index in [1.54, 1.807) is 6.08 Å². The normalized spacial score (nSPS) is 43.2. The van der Waals surface area contributed by atoms with Crippen molar-refractivity contribution in [2.24, 2.45) is 46.3 Å². The molecule has 0 spiro atoms. The molecule has 0 bridgehead atoms. The van der Waals surface area contributed by atoms with E-state index in [4.69, 9.17) is 0 Å². The van der Waals surface area contributed by atoms with E-state index in [0.717, 1.165) is 23.8 Å². The van der Waals surface area contributed by atoms with Crippen LogP contribution in [0.15, 0.2) is 23.8 Å². The van der Waals surface area contributed by atoms with Crippen molar-refractivity contribution in [1.82, 2.24) is 0 Å². The molecule has 4 aliphatic carbocycles. The fourth-order valence-corrected chi connectivity index (χ4v) is 7.99. The average molecular weight is 397 g/mol. The lowest BCUT2D eigenvalue weighted by Crippen LogP contribution is -2.53. The largest absolute Gasteiger partial charge is 0.295 e. The summed E-state index contributed by atoms with van der Waals surface area (Å²) in [5.41, 5.74) is 1.18. The molecular formula is C27H40O2. The predicted octanol–water partition coefficient (Wildman–Crippen LogP) is 6.55. The van der Waals surface area contributed by atoms with E-state index in [-0.39, 0.29) is 17.0 Å². The van der Waals surface area contributed by atoms with Crippen LogP contribution in [0.3, 0.4) is 0 Å². The van der Waals surface area contributed by atoms with Crippen molar-refractivity contribution in [2.45, 2.75) is 86.0 Å². The number of ketones is 2. The number of carbonyl (C=O) groups excluding carboxylic acids is 2. The molecular weight excluding hydrogens is 356 g/mol. The first kappa shape index (κ1) is 21.1. The molecule has 0 aromatic rings. The van der Waals surface area contributed by atoms with Gasteiger partial charge in [0.15, 0.2) is 11.6 Å². The van der Waals surface area contributed by atoms with Crippen LogP contribution in [0.5, 0.6) is 0 Å². The molecule has 4 rings (SSSR count). The molecule has 0 saturated heterocycles. The van der Waals surface area contributed by atoms with Crippen LogP contribution in [-0.2, 0) is 9.59 Å². The first-order valence-corrected chi connectivity index (χ1v) is 12.1. The third kappa shape index (κ3) is 3.39. The highest BCUT2D eigenvalue weighted by molar-refractivity contribution is 6.05. The summed E-state index contributed by atoms with van der Waals surface area (Å²) in [6, 6.07) is 0. The molecule has 3 fully saturated rings. The molecule has 7 atom stereocenters. The lowest BCUT2D eigenvalue weighted by Gasteiger charge is -2.57. The van der Waals surface area contributed by atoms with Gasteiger partial charge in [-0.15, -0.1) is 0 Å². The lowest BCUT2D eigenvalue weighted by molar-refractivity contribution is -0.131. The van der Waals surface area contributed by atoms with E-state index in [1.807, 2.05) is 0 Å². The SMILES string of the molecule is CC(C)CC=CC(C)C1CCC2C3CC(=O)C4=CC(=O)CCC4(C)C3CCC12C. The number of allylic oxidation sites excluding steroid dienone is 3. The lowest BCUT2D eigenvalue weighted by atomic mass is 9.46. The summed E-state index contributed by atoms with van der Waals surface area (Å²) in [5.74, 6) is 4.30. The smallest absolute Gasteiger partial charge is 0.159 e. The molecule has 2 nitrogen and oxygen atoms in total. The van der Waals surface area contributed by atoms with Crippen molar-refractivity contribution < 1.29 is 9.59 Å². The zero-order valence-corrected chi connectivity index (χ0v) is 19.2. The number of Topliss-reactive ketones (excluding diaryl/α,β-unsaturated/α-hetero) is 1. The fourth-order valence-electron chi connectivity index (χ4n) is 7.99. The van der Waals surface area contributed by atoms with Gasteiger partial charge in [-0.25, -0.2) is 0 Å². The van der Waals surface area contributed by atoms with E-state index >= 15 is 0 Å². The van der Waals surface area contributed by atoms with Crippen LogP contribution in [0, 0.1) is 46.3 Å².